The van der Waals surface area contributed by atoms with E-state index in [-0.39, 0.29) is 46.4 Å². The maximum Gasteiger partial charge on any atom is 0.271 e. The summed E-state index contributed by atoms with van der Waals surface area (Å²) in [5.41, 5.74) is 4.12. The number of hydrogen-bond acceptors (Lipinski definition) is 6. The zero-order valence-corrected chi connectivity index (χ0v) is 24.8. The first kappa shape index (κ1) is 29.6. The fourth-order valence-electron chi connectivity index (χ4n) is 5.44. The van der Waals surface area contributed by atoms with Crippen LogP contribution in [0.25, 0.3) is 0 Å². The first-order chi connectivity index (χ1) is 17.9. The third-order valence-electron chi connectivity index (χ3n) is 7.38. The molecule has 1 aliphatic carbocycles. The van der Waals surface area contributed by atoms with Crippen LogP contribution in [-0.2, 0) is 21.9 Å². The van der Waals surface area contributed by atoms with Gasteiger partial charge in [0.05, 0.1) is 0 Å². The highest BCUT2D eigenvalue weighted by Gasteiger charge is 2.47. The van der Waals surface area contributed by atoms with Gasteiger partial charge in [0.2, 0.25) is 5.88 Å². The lowest BCUT2D eigenvalue weighted by Crippen LogP contribution is -2.49. The Kier molecular flexibility index (Phi) is 9.15. The second-order valence-electron chi connectivity index (χ2n) is 9.51. The van der Waals surface area contributed by atoms with Crippen LogP contribution in [0.5, 0.6) is 11.6 Å². The molecule has 4 aromatic rings. The van der Waals surface area contributed by atoms with Gasteiger partial charge in [-0.25, -0.2) is 13.4 Å². The van der Waals surface area contributed by atoms with E-state index in [9.17, 15) is 8.42 Å². The number of nitrogens with one attached hydrogen (secondary N) is 2. The molecule has 3 heterocycles. The summed E-state index contributed by atoms with van der Waals surface area (Å²) in [6.07, 6.45) is 5.93. The molecule has 39 heavy (non-hydrogen) atoms. The highest BCUT2D eigenvalue weighted by Crippen LogP contribution is 2.54. The minimum atomic E-state index is -3.73. The van der Waals surface area contributed by atoms with Crippen molar-refractivity contribution in [2.75, 3.05) is 11.3 Å². The molecule has 0 spiro atoms. The van der Waals surface area contributed by atoms with Gasteiger partial charge in [-0.1, -0.05) is 42.3 Å². The average Bonchev–Trinajstić information content (AvgIpc) is 3.42. The average molecular weight is 625 g/mol. The Morgan fingerprint density at radius 3 is 2.54 bits per heavy atom. The van der Waals surface area contributed by atoms with Gasteiger partial charge in [0.1, 0.15) is 15.6 Å². The van der Waals surface area contributed by atoms with Crippen LogP contribution in [0, 0.1) is 0 Å². The molecule has 2 aliphatic rings. The third-order valence-corrected chi connectivity index (χ3v) is 10.4. The number of rotatable bonds is 7. The van der Waals surface area contributed by atoms with Gasteiger partial charge in [-0.3, -0.25) is 4.72 Å². The summed E-state index contributed by atoms with van der Waals surface area (Å²) in [4.78, 5) is 4.33. The smallest absolute Gasteiger partial charge is 0.271 e. The molecular formula is C28H28Cl3N3O3S2. The number of thiophene rings is 1. The Labute approximate surface area is 250 Å². The summed E-state index contributed by atoms with van der Waals surface area (Å²) < 4.78 is 34.7. The molecule has 206 valence electrons. The number of hydrogen-bond donors (Lipinski definition) is 2. The van der Waals surface area contributed by atoms with Gasteiger partial charge in [0.25, 0.3) is 10.0 Å². The van der Waals surface area contributed by atoms with Crippen LogP contribution in [0.1, 0.15) is 42.0 Å². The summed E-state index contributed by atoms with van der Waals surface area (Å²) in [6, 6.07) is 21.1. The van der Waals surface area contributed by atoms with Crippen LogP contribution in [0.2, 0.25) is 5.02 Å². The van der Waals surface area contributed by atoms with Crippen molar-refractivity contribution in [1.82, 2.24) is 10.3 Å². The lowest BCUT2D eigenvalue weighted by molar-refractivity contribution is 0.164. The van der Waals surface area contributed by atoms with E-state index >= 15 is 0 Å². The van der Waals surface area contributed by atoms with E-state index < -0.39 is 10.0 Å². The Balaban J connectivity index is 0.00000176. The van der Waals surface area contributed by atoms with Gasteiger partial charge in [-0.15, -0.1) is 36.2 Å². The Morgan fingerprint density at radius 1 is 1.05 bits per heavy atom. The van der Waals surface area contributed by atoms with Crippen molar-refractivity contribution in [3.8, 4) is 11.6 Å². The summed E-state index contributed by atoms with van der Waals surface area (Å²) in [5, 5.41) is 6.26. The predicted molar refractivity (Wildman–Crippen MR) is 162 cm³/mol. The molecule has 6 rings (SSSR count). The number of benzene rings is 2. The standard InChI is InChI=1S/C28H26ClN3O3S2.2ClH/c29-21-9-7-20(8-10-21)28(13-3-14-28)26-23-18-22(11-6-19(23)12-16-30-26)35-27-24(4-1-15-31-27)32-37(33,34)25-5-2-17-36-25;;/h1-2,4-11,15,17-18,26,30,32H,3,12-14,16H2;2*1H. The molecule has 11 heteroatoms. The van der Waals surface area contributed by atoms with Crippen LogP contribution in [0.15, 0.2) is 82.5 Å². The molecule has 0 amide bonds. The van der Waals surface area contributed by atoms with Crippen molar-refractivity contribution in [3.05, 3.63) is 100 Å². The minimum Gasteiger partial charge on any atom is -0.437 e. The number of fused-ring (bicyclic) bond motifs is 1. The molecule has 0 saturated heterocycles. The topological polar surface area (TPSA) is 80.3 Å². The second kappa shape index (κ2) is 12.0. The van der Waals surface area contributed by atoms with E-state index in [1.165, 1.54) is 23.1 Å². The van der Waals surface area contributed by atoms with Gasteiger partial charge in [-0.2, -0.15) is 0 Å². The van der Waals surface area contributed by atoms with Crippen molar-refractivity contribution in [2.45, 2.75) is 41.3 Å². The zero-order valence-electron chi connectivity index (χ0n) is 20.8. The number of nitrogens with zero attached hydrogens (tertiary/aromatic N) is 1. The van der Waals surface area contributed by atoms with Gasteiger partial charge < -0.3 is 10.1 Å². The Hall–Kier alpha value is -2.33. The normalized spacial score (nSPS) is 17.5. The largest absolute Gasteiger partial charge is 0.437 e. The van der Waals surface area contributed by atoms with Gasteiger partial charge in [0, 0.05) is 22.7 Å². The van der Waals surface area contributed by atoms with Crippen LogP contribution >= 0.6 is 47.8 Å². The minimum absolute atomic E-state index is 0. The SMILES string of the molecule is Cl.Cl.O=S(=O)(Nc1cccnc1Oc1ccc2c(c1)C(C1(c3ccc(Cl)cc3)CCC1)NCC2)c1cccs1. The van der Waals surface area contributed by atoms with E-state index in [1.807, 2.05) is 18.2 Å². The van der Waals surface area contributed by atoms with E-state index in [0.717, 1.165) is 42.2 Å². The van der Waals surface area contributed by atoms with E-state index in [0.29, 0.717) is 11.4 Å². The zero-order chi connectivity index (χ0) is 25.5. The quantitative estimate of drug-likeness (QED) is 0.222. The van der Waals surface area contributed by atoms with Crippen molar-refractivity contribution in [2.24, 2.45) is 0 Å². The lowest BCUT2D eigenvalue weighted by Gasteiger charge is -2.50. The molecule has 1 aliphatic heterocycles. The third kappa shape index (κ3) is 5.78. The molecule has 6 nitrogen and oxygen atoms in total. The van der Waals surface area contributed by atoms with Gasteiger partial charge >= 0.3 is 0 Å². The molecule has 1 fully saturated rings. The molecule has 1 atom stereocenters. The van der Waals surface area contributed by atoms with E-state index in [4.69, 9.17) is 16.3 Å². The van der Waals surface area contributed by atoms with Crippen LogP contribution < -0.4 is 14.8 Å². The highest BCUT2D eigenvalue weighted by molar-refractivity contribution is 7.94. The van der Waals surface area contributed by atoms with Gasteiger partial charge in [-0.05, 0) is 90.3 Å². The highest BCUT2D eigenvalue weighted by atomic mass is 35.5. The first-order valence-corrected chi connectivity index (χ1v) is 15.0. The van der Waals surface area contributed by atoms with E-state index in [2.05, 4.69) is 39.3 Å². The summed E-state index contributed by atoms with van der Waals surface area (Å²) in [6.45, 7) is 0.919. The predicted octanol–water partition coefficient (Wildman–Crippen LogP) is 7.54. The Bertz CT molecular complexity index is 1530. The van der Waals surface area contributed by atoms with E-state index in [1.54, 1.807) is 35.8 Å². The number of halogens is 3. The summed E-state index contributed by atoms with van der Waals surface area (Å²) >= 11 is 7.35. The first-order valence-electron chi connectivity index (χ1n) is 12.3. The lowest BCUT2D eigenvalue weighted by atomic mass is 9.58. The molecule has 0 radical (unpaired) electrons. The number of anilines is 1. The molecule has 0 bridgehead atoms. The molecule has 1 saturated carbocycles. The summed E-state index contributed by atoms with van der Waals surface area (Å²) in [7, 11) is -3.73. The maximum atomic E-state index is 12.8. The molecular weight excluding hydrogens is 597 g/mol. The summed E-state index contributed by atoms with van der Waals surface area (Å²) in [5.74, 6) is 0.826. The van der Waals surface area contributed by atoms with Crippen LogP contribution in [0.4, 0.5) is 5.69 Å². The molecule has 1 unspecified atom stereocenters. The Morgan fingerprint density at radius 2 is 1.85 bits per heavy atom. The van der Waals surface area contributed by atoms with Crippen molar-refractivity contribution >= 4 is 63.5 Å². The fraction of sp³-hybridized carbons (Fsp3) is 0.250. The van der Waals surface area contributed by atoms with Crippen LogP contribution in [0.3, 0.4) is 0 Å². The number of sulfonamides is 1. The number of pyridine rings is 1. The number of aromatic nitrogens is 1. The fourth-order valence-corrected chi connectivity index (χ4v) is 7.62. The van der Waals surface area contributed by atoms with Crippen molar-refractivity contribution in [3.63, 3.8) is 0 Å². The number of ether oxygens (including phenoxy) is 1. The van der Waals surface area contributed by atoms with Crippen LogP contribution in [-0.4, -0.2) is 19.9 Å². The van der Waals surface area contributed by atoms with Crippen molar-refractivity contribution in [1.29, 1.82) is 0 Å². The maximum absolute atomic E-state index is 12.8. The molecule has 2 aromatic carbocycles. The second-order valence-corrected chi connectivity index (χ2v) is 12.8. The molecule has 2 N–H and O–H groups in total. The monoisotopic (exact) mass is 623 g/mol. The van der Waals surface area contributed by atoms with Gasteiger partial charge in [0.15, 0.2) is 0 Å². The molecule has 2 aromatic heterocycles. The van der Waals surface area contributed by atoms with Crippen molar-refractivity contribution < 1.29 is 13.2 Å².